The lowest BCUT2D eigenvalue weighted by atomic mass is 9.93. The van der Waals surface area contributed by atoms with Crippen molar-refractivity contribution in [1.29, 1.82) is 0 Å². The summed E-state index contributed by atoms with van der Waals surface area (Å²) >= 11 is 0. The average molecular weight is 439 g/mol. The van der Waals surface area contributed by atoms with Crippen molar-refractivity contribution in [1.82, 2.24) is 14.5 Å². The number of aromatic nitrogens is 2. The maximum atomic E-state index is 12.4. The second kappa shape index (κ2) is 13.7. The maximum Gasteiger partial charge on any atom is 0.331 e. The summed E-state index contributed by atoms with van der Waals surface area (Å²) in [5.41, 5.74) is 3.04. The number of benzene rings is 1. The molecule has 3 N–H and O–H groups in total. The quantitative estimate of drug-likeness (QED) is 0.591. The van der Waals surface area contributed by atoms with Crippen molar-refractivity contribution < 1.29 is 18.9 Å². The fourth-order valence-electron chi connectivity index (χ4n) is 2.63. The highest BCUT2D eigenvalue weighted by atomic mass is 32.2. The first-order valence-corrected chi connectivity index (χ1v) is 11.0. The van der Waals surface area contributed by atoms with E-state index in [2.05, 4.69) is 42.8 Å². The Labute approximate surface area is 181 Å². The summed E-state index contributed by atoms with van der Waals surface area (Å²) in [6.45, 7) is 12.2. The molecule has 1 atom stereocenters. The molecule has 2 amide bonds. The Kier molecular flexibility index (Phi) is 12.5. The standard InChI is InChI=1S/C18H24N4O3S.C2H6.CH4O/c1-11(2)14-7-6-8-15(12(3)4)17(14)19-18(24)21-26(25)16-9-13(10-23)22(5)20-16;2*1-2/h6-12H,1-5H3,(H2,19,21,24);1-2H3;2H,1H3. The number of aldehydes is 1. The summed E-state index contributed by atoms with van der Waals surface area (Å²) in [4.78, 5) is 23.3. The molecule has 0 fully saturated rings. The highest BCUT2D eigenvalue weighted by molar-refractivity contribution is 7.83. The topological polar surface area (TPSA) is 113 Å². The fourth-order valence-corrected chi connectivity index (χ4v) is 3.37. The van der Waals surface area contributed by atoms with Gasteiger partial charge in [0.05, 0.1) is 0 Å². The summed E-state index contributed by atoms with van der Waals surface area (Å²) in [5, 5.41) is 13.9. The zero-order valence-corrected chi connectivity index (χ0v) is 19.8. The predicted molar refractivity (Wildman–Crippen MR) is 121 cm³/mol. The Balaban J connectivity index is 0.00000198. The number of aryl methyl sites for hydroxylation is 1. The van der Waals surface area contributed by atoms with Crippen LogP contribution < -0.4 is 10.0 Å². The van der Waals surface area contributed by atoms with E-state index in [0.717, 1.165) is 23.9 Å². The van der Waals surface area contributed by atoms with Gasteiger partial charge in [0.2, 0.25) is 0 Å². The van der Waals surface area contributed by atoms with Crippen molar-refractivity contribution in [2.24, 2.45) is 7.05 Å². The summed E-state index contributed by atoms with van der Waals surface area (Å²) in [5.74, 6) is 0.445. The van der Waals surface area contributed by atoms with Gasteiger partial charge in [-0.3, -0.25) is 14.2 Å². The molecule has 0 bridgehead atoms. The van der Waals surface area contributed by atoms with Crippen molar-refractivity contribution in [3.63, 3.8) is 0 Å². The third kappa shape index (κ3) is 7.38. The van der Waals surface area contributed by atoms with Gasteiger partial charge >= 0.3 is 6.03 Å². The van der Waals surface area contributed by atoms with E-state index in [4.69, 9.17) is 5.11 Å². The maximum absolute atomic E-state index is 12.4. The minimum absolute atomic E-state index is 0.117. The van der Waals surface area contributed by atoms with Crippen LogP contribution in [-0.4, -0.2) is 38.5 Å². The molecule has 0 saturated carbocycles. The molecule has 1 heterocycles. The monoisotopic (exact) mass is 438 g/mol. The molecule has 2 aromatic rings. The highest BCUT2D eigenvalue weighted by Crippen LogP contribution is 2.32. The molecule has 1 aromatic heterocycles. The third-order valence-electron chi connectivity index (χ3n) is 4.00. The van der Waals surface area contributed by atoms with Gasteiger partial charge in [-0.15, -0.1) is 0 Å². The fraction of sp³-hybridized carbons (Fsp3) is 0.476. The number of carbonyl (C=O) groups is 2. The Morgan fingerprint density at radius 2 is 1.63 bits per heavy atom. The van der Waals surface area contributed by atoms with Gasteiger partial charge in [0.25, 0.3) is 0 Å². The molecule has 0 aliphatic rings. The zero-order valence-electron chi connectivity index (χ0n) is 19.0. The van der Waals surface area contributed by atoms with Gasteiger partial charge in [-0.1, -0.05) is 59.7 Å². The number of anilines is 1. The van der Waals surface area contributed by atoms with Crippen LogP contribution in [0.2, 0.25) is 0 Å². The number of amides is 2. The van der Waals surface area contributed by atoms with Crippen molar-refractivity contribution in [3.05, 3.63) is 41.1 Å². The SMILES string of the molecule is CC.CC(C)c1cccc(C(C)C)c1NC(=O)NS(=O)c1cc(C=O)n(C)n1.CO. The zero-order chi connectivity index (χ0) is 23.4. The van der Waals surface area contributed by atoms with Gasteiger partial charge in [0, 0.05) is 25.9 Å². The lowest BCUT2D eigenvalue weighted by Gasteiger charge is -2.20. The normalized spacial score (nSPS) is 11.0. The average Bonchev–Trinajstić information content (AvgIpc) is 3.11. The van der Waals surface area contributed by atoms with Gasteiger partial charge < -0.3 is 10.4 Å². The van der Waals surface area contributed by atoms with Gasteiger partial charge in [-0.25, -0.2) is 9.00 Å². The number of nitrogens with one attached hydrogen (secondary N) is 2. The molecule has 9 heteroatoms. The number of hydrogen-bond acceptors (Lipinski definition) is 5. The van der Waals surface area contributed by atoms with Crippen molar-refractivity contribution in [2.45, 2.75) is 58.4 Å². The van der Waals surface area contributed by atoms with E-state index in [9.17, 15) is 13.8 Å². The van der Waals surface area contributed by atoms with E-state index in [0.29, 0.717) is 6.29 Å². The Hall–Kier alpha value is -2.52. The molecule has 0 saturated heterocycles. The number of carbonyl (C=O) groups excluding carboxylic acids is 2. The Morgan fingerprint density at radius 1 is 1.13 bits per heavy atom. The molecule has 0 spiro atoms. The molecule has 0 aliphatic heterocycles. The summed E-state index contributed by atoms with van der Waals surface area (Å²) in [6, 6.07) is 6.71. The first-order chi connectivity index (χ1) is 14.2. The molecule has 0 aliphatic carbocycles. The number of aliphatic hydroxyl groups excluding tert-OH is 1. The van der Waals surface area contributed by atoms with E-state index in [1.165, 1.54) is 10.7 Å². The number of hydrogen-bond donors (Lipinski definition) is 3. The molecular formula is C21H34N4O4S. The van der Waals surface area contributed by atoms with Crippen LogP contribution >= 0.6 is 0 Å². The number of rotatable bonds is 6. The van der Waals surface area contributed by atoms with E-state index < -0.39 is 17.0 Å². The van der Waals surface area contributed by atoms with Gasteiger partial charge in [-0.05, 0) is 23.0 Å². The molecule has 8 nitrogen and oxygen atoms in total. The Morgan fingerprint density at radius 3 is 2.03 bits per heavy atom. The van der Waals surface area contributed by atoms with Gasteiger partial charge in [-0.2, -0.15) is 5.10 Å². The summed E-state index contributed by atoms with van der Waals surface area (Å²) < 4.78 is 16.0. The van der Waals surface area contributed by atoms with Gasteiger partial charge in [0.1, 0.15) is 5.69 Å². The van der Waals surface area contributed by atoms with Crippen molar-refractivity contribution in [2.75, 3.05) is 12.4 Å². The third-order valence-corrected chi connectivity index (χ3v) is 4.95. The molecule has 30 heavy (non-hydrogen) atoms. The van der Waals surface area contributed by atoms with Crippen LogP contribution in [0.3, 0.4) is 0 Å². The molecule has 0 radical (unpaired) electrons. The lowest BCUT2D eigenvalue weighted by molar-refractivity contribution is 0.111. The van der Waals surface area contributed by atoms with Crippen LogP contribution in [0.15, 0.2) is 29.3 Å². The highest BCUT2D eigenvalue weighted by Gasteiger charge is 2.18. The van der Waals surface area contributed by atoms with Crippen LogP contribution in [0.1, 0.15) is 75.0 Å². The summed E-state index contributed by atoms with van der Waals surface area (Å²) in [6.07, 6.45) is 0.613. The Bertz CT molecular complexity index is 821. The van der Waals surface area contributed by atoms with E-state index >= 15 is 0 Å². The molecule has 168 valence electrons. The first kappa shape index (κ1) is 27.5. The van der Waals surface area contributed by atoms with Crippen LogP contribution in [0.25, 0.3) is 0 Å². The van der Waals surface area contributed by atoms with Crippen LogP contribution in [0, 0.1) is 0 Å². The molecule has 1 aromatic carbocycles. The van der Waals surface area contributed by atoms with E-state index in [-0.39, 0.29) is 22.6 Å². The second-order valence-electron chi connectivity index (χ2n) is 6.59. The summed E-state index contributed by atoms with van der Waals surface area (Å²) in [7, 11) is 0.702. The minimum Gasteiger partial charge on any atom is -0.400 e. The number of urea groups is 1. The van der Waals surface area contributed by atoms with Crippen molar-refractivity contribution >= 4 is 29.0 Å². The second-order valence-corrected chi connectivity index (χ2v) is 7.75. The van der Waals surface area contributed by atoms with Gasteiger partial charge in [0.15, 0.2) is 22.3 Å². The predicted octanol–water partition coefficient (Wildman–Crippen LogP) is 3.96. The first-order valence-electron chi connectivity index (χ1n) is 9.80. The van der Waals surface area contributed by atoms with Crippen LogP contribution in [0.4, 0.5) is 10.5 Å². The molecule has 2 rings (SSSR count). The molecule has 1 unspecified atom stereocenters. The van der Waals surface area contributed by atoms with Crippen molar-refractivity contribution in [3.8, 4) is 0 Å². The molecular weight excluding hydrogens is 404 g/mol. The van der Waals surface area contributed by atoms with Crippen LogP contribution in [-0.2, 0) is 18.0 Å². The van der Waals surface area contributed by atoms with E-state index in [1.807, 2.05) is 32.0 Å². The van der Waals surface area contributed by atoms with Crippen LogP contribution in [0.5, 0.6) is 0 Å². The lowest BCUT2D eigenvalue weighted by Crippen LogP contribution is -2.31. The minimum atomic E-state index is -1.87. The number of nitrogens with zero attached hydrogens (tertiary/aromatic N) is 2. The smallest absolute Gasteiger partial charge is 0.331 e. The van der Waals surface area contributed by atoms with E-state index in [1.54, 1.807) is 7.05 Å². The largest absolute Gasteiger partial charge is 0.400 e. The number of para-hydroxylation sites is 1. The number of aliphatic hydroxyl groups is 1.